The molecule has 0 aromatic carbocycles. The van der Waals surface area contributed by atoms with E-state index in [4.69, 9.17) is 5.11 Å². The van der Waals surface area contributed by atoms with E-state index in [9.17, 15) is 13.2 Å². The van der Waals surface area contributed by atoms with Crippen LogP contribution in [0.25, 0.3) is 0 Å². The predicted molar refractivity (Wildman–Crippen MR) is 61.4 cm³/mol. The second kappa shape index (κ2) is 7.17. The van der Waals surface area contributed by atoms with E-state index in [0.717, 1.165) is 0 Å². The molecule has 1 saturated carbocycles. The molecule has 0 saturated heterocycles. The van der Waals surface area contributed by atoms with Crippen LogP contribution in [0.1, 0.15) is 34.1 Å². The Hall–Kier alpha value is -0.220. The summed E-state index contributed by atoms with van der Waals surface area (Å²) in [5.41, 5.74) is 0.467. The fourth-order valence-electron chi connectivity index (χ4n) is 0.888. The van der Waals surface area contributed by atoms with E-state index in [-0.39, 0.29) is 0 Å². The summed E-state index contributed by atoms with van der Waals surface area (Å²) in [7, 11) is 0. The SMILES string of the molecule is C=C(Cl)C(F)(F)F.CC.CC1(C)C[C@H]1CO. The van der Waals surface area contributed by atoms with Crippen molar-refractivity contribution in [3.63, 3.8) is 0 Å². The van der Waals surface area contributed by atoms with Crippen molar-refractivity contribution in [2.75, 3.05) is 6.61 Å². The number of hydrogen-bond acceptors (Lipinski definition) is 1. The van der Waals surface area contributed by atoms with Crippen LogP contribution in [0.4, 0.5) is 13.2 Å². The highest BCUT2D eigenvalue weighted by molar-refractivity contribution is 6.29. The van der Waals surface area contributed by atoms with Gasteiger partial charge in [-0.2, -0.15) is 13.2 Å². The molecular weight excluding hydrogens is 241 g/mol. The molecule has 1 rings (SSSR count). The molecule has 0 heterocycles. The van der Waals surface area contributed by atoms with Gasteiger partial charge in [0, 0.05) is 6.61 Å². The lowest BCUT2D eigenvalue weighted by Gasteiger charge is -1.98. The standard InChI is InChI=1S/C6H12O.C3H2ClF3.C2H6/c1-6(2)3-5(6)4-7;1-2(4)3(5,6)7;1-2/h5,7H,3-4H2,1-2H3;1H2;1-2H3/t5-;;/m0../s1. The largest absolute Gasteiger partial charge is 0.426 e. The molecule has 0 bridgehead atoms. The number of alkyl halides is 3. The third kappa shape index (κ3) is 7.99. The molecule has 98 valence electrons. The molecule has 1 aliphatic rings. The van der Waals surface area contributed by atoms with Gasteiger partial charge in [-0.05, 0) is 17.8 Å². The molecule has 1 atom stereocenters. The molecule has 1 fully saturated rings. The van der Waals surface area contributed by atoms with Crippen molar-refractivity contribution in [1.29, 1.82) is 0 Å². The molecule has 16 heavy (non-hydrogen) atoms. The van der Waals surface area contributed by atoms with Gasteiger partial charge in [0.15, 0.2) is 0 Å². The summed E-state index contributed by atoms with van der Waals surface area (Å²) in [5.74, 6) is 0.604. The van der Waals surface area contributed by atoms with E-state index >= 15 is 0 Å². The fourth-order valence-corrected chi connectivity index (χ4v) is 0.888. The van der Waals surface area contributed by atoms with E-state index in [0.29, 0.717) is 17.9 Å². The highest BCUT2D eigenvalue weighted by atomic mass is 35.5. The van der Waals surface area contributed by atoms with Gasteiger partial charge in [0.25, 0.3) is 0 Å². The Morgan fingerprint density at radius 2 is 1.69 bits per heavy atom. The van der Waals surface area contributed by atoms with E-state index in [1.807, 2.05) is 13.8 Å². The van der Waals surface area contributed by atoms with Crippen LogP contribution < -0.4 is 0 Å². The molecule has 0 aliphatic heterocycles. The maximum Gasteiger partial charge on any atom is 0.426 e. The Balaban J connectivity index is 0. The van der Waals surface area contributed by atoms with Gasteiger partial charge >= 0.3 is 6.18 Å². The van der Waals surface area contributed by atoms with Crippen molar-refractivity contribution < 1.29 is 18.3 Å². The Morgan fingerprint density at radius 3 is 1.69 bits per heavy atom. The van der Waals surface area contributed by atoms with Crippen LogP contribution in [0.3, 0.4) is 0 Å². The van der Waals surface area contributed by atoms with Crippen molar-refractivity contribution in [3.05, 3.63) is 11.6 Å². The molecule has 0 aromatic rings. The number of allylic oxidation sites excluding steroid dienone is 1. The summed E-state index contributed by atoms with van der Waals surface area (Å²) in [6, 6.07) is 0. The zero-order chi connectivity index (χ0) is 13.6. The van der Waals surface area contributed by atoms with Gasteiger partial charge in [0.05, 0.1) is 0 Å². The van der Waals surface area contributed by atoms with Crippen LogP contribution in [0.15, 0.2) is 11.6 Å². The number of aliphatic hydroxyl groups is 1. The van der Waals surface area contributed by atoms with Gasteiger partial charge in [-0.1, -0.05) is 45.9 Å². The van der Waals surface area contributed by atoms with E-state index in [1.54, 1.807) is 0 Å². The van der Waals surface area contributed by atoms with Crippen LogP contribution in [-0.2, 0) is 0 Å². The van der Waals surface area contributed by atoms with Gasteiger partial charge in [0.1, 0.15) is 5.03 Å². The lowest BCUT2D eigenvalue weighted by Crippen LogP contribution is -2.04. The lowest BCUT2D eigenvalue weighted by atomic mass is 10.1. The van der Waals surface area contributed by atoms with Crippen LogP contribution in [-0.4, -0.2) is 17.9 Å². The average molecular weight is 261 g/mol. The van der Waals surface area contributed by atoms with Crippen LogP contribution in [0.5, 0.6) is 0 Å². The maximum absolute atomic E-state index is 10.9. The smallest absolute Gasteiger partial charge is 0.396 e. The summed E-state index contributed by atoms with van der Waals surface area (Å²) >= 11 is 4.43. The highest BCUT2D eigenvalue weighted by Crippen LogP contribution is 2.50. The Labute approximate surface area is 100 Å². The first-order chi connectivity index (χ1) is 7.11. The molecule has 5 heteroatoms. The van der Waals surface area contributed by atoms with Gasteiger partial charge in [-0.25, -0.2) is 0 Å². The van der Waals surface area contributed by atoms with E-state index < -0.39 is 11.2 Å². The number of hydrogen-bond donors (Lipinski definition) is 1. The molecule has 0 aromatic heterocycles. The van der Waals surface area contributed by atoms with Crippen LogP contribution >= 0.6 is 11.6 Å². The highest BCUT2D eigenvalue weighted by Gasteiger charge is 2.44. The molecular formula is C11H20ClF3O. The summed E-state index contributed by atoms with van der Waals surface area (Å²) in [4.78, 5) is 0. The Kier molecular flexibility index (Phi) is 8.14. The second-order valence-corrected chi connectivity index (χ2v) is 4.43. The normalized spacial score (nSPS) is 20.9. The molecule has 0 spiro atoms. The van der Waals surface area contributed by atoms with Gasteiger partial charge in [-0.15, -0.1) is 0 Å². The quantitative estimate of drug-likeness (QED) is 0.743. The van der Waals surface area contributed by atoms with Crippen LogP contribution in [0, 0.1) is 11.3 Å². The van der Waals surface area contributed by atoms with Gasteiger partial charge < -0.3 is 5.11 Å². The first-order valence-corrected chi connectivity index (χ1v) is 5.51. The topological polar surface area (TPSA) is 20.2 Å². The predicted octanol–water partition coefficient (Wildman–Crippen LogP) is 4.35. The van der Waals surface area contributed by atoms with Crippen LogP contribution in [0.2, 0.25) is 0 Å². The van der Waals surface area contributed by atoms with E-state index in [2.05, 4.69) is 32.0 Å². The summed E-state index contributed by atoms with van der Waals surface area (Å²) in [6.45, 7) is 11.2. The van der Waals surface area contributed by atoms with Crippen molar-refractivity contribution >= 4 is 11.6 Å². The zero-order valence-electron chi connectivity index (χ0n) is 10.2. The minimum Gasteiger partial charge on any atom is -0.396 e. The van der Waals surface area contributed by atoms with Crippen molar-refractivity contribution in [3.8, 4) is 0 Å². The fraction of sp³-hybridized carbons (Fsp3) is 0.818. The second-order valence-electron chi connectivity index (χ2n) is 3.97. The average Bonchev–Trinajstić information content (AvgIpc) is 2.77. The summed E-state index contributed by atoms with van der Waals surface area (Å²) in [6.07, 6.45) is -3.22. The number of aliphatic hydroxyl groups excluding tert-OH is 1. The minimum absolute atomic E-state index is 0.382. The van der Waals surface area contributed by atoms with E-state index in [1.165, 1.54) is 6.42 Å². The first-order valence-electron chi connectivity index (χ1n) is 5.13. The lowest BCUT2D eigenvalue weighted by molar-refractivity contribution is -0.0841. The molecule has 1 aliphatic carbocycles. The van der Waals surface area contributed by atoms with Gasteiger partial charge in [-0.3, -0.25) is 0 Å². The third-order valence-electron chi connectivity index (χ3n) is 2.25. The number of halogens is 4. The zero-order valence-corrected chi connectivity index (χ0v) is 10.9. The van der Waals surface area contributed by atoms with Gasteiger partial charge in [0.2, 0.25) is 0 Å². The maximum atomic E-state index is 10.9. The third-order valence-corrected chi connectivity index (χ3v) is 2.46. The Morgan fingerprint density at radius 1 is 1.44 bits per heavy atom. The van der Waals surface area contributed by atoms with Crippen molar-refractivity contribution in [2.24, 2.45) is 11.3 Å². The molecule has 0 amide bonds. The molecule has 0 unspecified atom stereocenters. The minimum atomic E-state index is -4.43. The first kappa shape index (κ1) is 18.2. The summed E-state index contributed by atoms with van der Waals surface area (Å²) in [5, 5.41) is 7.26. The number of rotatable bonds is 1. The summed E-state index contributed by atoms with van der Waals surface area (Å²) < 4.78 is 32.8. The Bertz CT molecular complexity index is 212. The van der Waals surface area contributed by atoms with Crippen molar-refractivity contribution in [1.82, 2.24) is 0 Å². The molecule has 0 radical (unpaired) electrons. The molecule has 1 N–H and O–H groups in total. The molecule has 1 nitrogen and oxygen atoms in total. The van der Waals surface area contributed by atoms with Crippen molar-refractivity contribution in [2.45, 2.75) is 40.3 Å². The monoisotopic (exact) mass is 260 g/mol.